The van der Waals surface area contributed by atoms with E-state index in [1.165, 1.54) is 0 Å². The first-order valence-electron chi connectivity index (χ1n) is 2.60. The van der Waals surface area contributed by atoms with E-state index >= 15 is 0 Å². The third-order valence-electron chi connectivity index (χ3n) is 1.16. The Kier molecular flexibility index (Phi) is 1.36. The van der Waals surface area contributed by atoms with Crippen molar-refractivity contribution >= 4 is 5.97 Å². The highest BCUT2D eigenvalue weighted by Gasteiger charge is 2.50. The molecule has 1 rings (SSSR count). The molecule has 0 bridgehead atoms. The molecule has 0 saturated carbocycles. The number of cyclic esters (lactones) is 1. The minimum atomic E-state index is -3.17. The molecule has 1 saturated heterocycles. The molecule has 0 spiro atoms. The van der Waals surface area contributed by atoms with Crippen molar-refractivity contribution in [1.82, 2.24) is 0 Å². The topological polar surface area (TPSA) is 26.3 Å². The van der Waals surface area contributed by atoms with E-state index in [9.17, 15) is 13.6 Å². The average Bonchev–Trinajstić information content (AvgIpc) is 2.04. The van der Waals surface area contributed by atoms with Gasteiger partial charge in [0.2, 0.25) is 6.10 Å². The Balaban J connectivity index is 2.79. The van der Waals surface area contributed by atoms with Crippen LogP contribution in [-0.4, -0.2) is 18.0 Å². The zero-order valence-electron chi connectivity index (χ0n) is 4.93. The highest BCUT2D eigenvalue weighted by molar-refractivity contribution is 5.73. The number of rotatable bonds is 0. The monoisotopic (exact) mass is 146 g/mol. The van der Waals surface area contributed by atoms with Gasteiger partial charge in [0.05, 0.1) is 0 Å². The highest BCUT2D eigenvalue weighted by Crippen LogP contribution is 2.31. The van der Waals surface area contributed by atoms with Crippen LogP contribution in [0.3, 0.4) is 0 Å². The number of terminal acetylenes is 1. The molecule has 54 valence electrons. The fourth-order valence-electron chi connectivity index (χ4n) is 0.700. The van der Waals surface area contributed by atoms with E-state index in [-0.39, 0.29) is 0 Å². The Bertz CT molecular complexity index is 204. The van der Waals surface area contributed by atoms with Crippen LogP contribution in [0.1, 0.15) is 6.42 Å². The number of esters is 1. The molecule has 0 amide bonds. The summed E-state index contributed by atoms with van der Waals surface area (Å²) >= 11 is 0. The van der Waals surface area contributed by atoms with Gasteiger partial charge in [-0.15, -0.1) is 6.42 Å². The lowest BCUT2D eigenvalue weighted by Crippen LogP contribution is -2.26. The molecule has 1 aliphatic rings. The quantitative estimate of drug-likeness (QED) is 0.369. The van der Waals surface area contributed by atoms with E-state index in [1.807, 2.05) is 0 Å². The van der Waals surface area contributed by atoms with Crippen LogP contribution in [0.2, 0.25) is 0 Å². The van der Waals surface area contributed by atoms with Crippen LogP contribution in [0, 0.1) is 12.3 Å². The normalized spacial score (nSPS) is 29.3. The van der Waals surface area contributed by atoms with Crippen molar-refractivity contribution in [2.24, 2.45) is 0 Å². The third-order valence-corrected chi connectivity index (χ3v) is 1.16. The number of halogens is 2. The highest BCUT2D eigenvalue weighted by atomic mass is 19.3. The van der Waals surface area contributed by atoms with Crippen LogP contribution < -0.4 is 0 Å². The summed E-state index contributed by atoms with van der Waals surface area (Å²) in [7, 11) is 0. The molecule has 0 aromatic rings. The maximum absolute atomic E-state index is 12.4. The van der Waals surface area contributed by atoms with Crippen LogP contribution in [0.4, 0.5) is 8.78 Å². The SMILES string of the molecule is C#CC1OC(=O)CC1(F)F. The van der Waals surface area contributed by atoms with Crippen LogP contribution in [0.15, 0.2) is 0 Å². The Labute approximate surface area is 56.2 Å². The van der Waals surface area contributed by atoms with Crippen molar-refractivity contribution in [3.05, 3.63) is 0 Å². The molecule has 0 aromatic heterocycles. The Morgan fingerprint density at radius 3 is 2.60 bits per heavy atom. The second-order valence-corrected chi connectivity index (χ2v) is 1.97. The number of hydrogen-bond acceptors (Lipinski definition) is 2. The van der Waals surface area contributed by atoms with Gasteiger partial charge in [0.15, 0.2) is 0 Å². The summed E-state index contributed by atoms with van der Waals surface area (Å²) in [5.74, 6) is -2.42. The summed E-state index contributed by atoms with van der Waals surface area (Å²) in [5, 5.41) is 0. The Hall–Kier alpha value is -1.11. The fourth-order valence-corrected chi connectivity index (χ4v) is 0.700. The van der Waals surface area contributed by atoms with Gasteiger partial charge >= 0.3 is 11.9 Å². The Morgan fingerprint density at radius 2 is 2.40 bits per heavy atom. The van der Waals surface area contributed by atoms with E-state index in [1.54, 1.807) is 5.92 Å². The molecule has 0 N–H and O–H groups in total. The largest absolute Gasteiger partial charge is 0.442 e. The molecule has 1 fully saturated rings. The standard InChI is InChI=1S/C6H4F2O2/c1-2-4-6(7,8)3-5(9)10-4/h1,4H,3H2. The zero-order chi connectivity index (χ0) is 7.78. The summed E-state index contributed by atoms with van der Waals surface area (Å²) < 4.78 is 28.8. The molecule has 0 aliphatic carbocycles. The molecule has 4 heteroatoms. The predicted molar refractivity (Wildman–Crippen MR) is 28.3 cm³/mol. The molecular formula is C6H4F2O2. The van der Waals surface area contributed by atoms with Crippen molar-refractivity contribution in [3.63, 3.8) is 0 Å². The lowest BCUT2D eigenvalue weighted by molar-refractivity contribution is -0.140. The van der Waals surface area contributed by atoms with Gasteiger partial charge in [-0.3, -0.25) is 4.79 Å². The van der Waals surface area contributed by atoms with E-state index in [0.29, 0.717) is 0 Å². The number of carbonyl (C=O) groups excluding carboxylic acids is 1. The zero-order valence-corrected chi connectivity index (χ0v) is 4.93. The summed E-state index contributed by atoms with van der Waals surface area (Å²) in [6.45, 7) is 0. The summed E-state index contributed by atoms with van der Waals surface area (Å²) in [6, 6.07) is 0. The van der Waals surface area contributed by atoms with Gasteiger partial charge in [0.1, 0.15) is 6.42 Å². The lowest BCUT2D eigenvalue weighted by Gasteiger charge is -2.08. The van der Waals surface area contributed by atoms with E-state index in [0.717, 1.165) is 0 Å². The van der Waals surface area contributed by atoms with Crippen LogP contribution >= 0.6 is 0 Å². The fraction of sp³-hybridized carbons (Fsp3) is 0.500. The lowest BCUT2D eigenvalue weighted by atomic mass is 10.2. The van der Waals surface area contributed by atoms with Crippen molar-refractivity contribution in [1.29, 1.82) is 0 Å². The Morgan fingerprint density at radius 1 is 1.80 bits per heavy atom. The van der Waals surface area contributed by atoms with Crippen molar-refractivity contribution in [2.45, 2.75) is 18.4 Å². The van der Waals surface area contributed by atoms with Gasteiger partial charge in [-0.05, 0) is 0 Å². The number of alkyl halides is 2. The third kappa shape index (κ3) is 0.947. The number of ether oxygens (including phenoxy) is 1. The maximum atomic E-state index is 12.4. The van der Waals surface area contributed by atoms with Crippen molar-refractivity contribution in [2.75, 3.05) is 0 Å². The van der Waals surface area contributed by atoms with Crippen LogP contribution in [0.5, 0.6) is 0 Å². The molecule has 1 aliphatic heterocycles. The molecule has 1 unspecified atom stereocenters. The van der Waals surface area contributed by atoms with Gasteiger partial charge in [-0.1, -0.05) is 5.92 Å². The van der Waals surface area contributed by atoms with Crippen LogP contribution in [0.25, 0.3) is 0 Å². The molecule has 0 radical (unpaired) electrons. The first kappa shape index (κ1) is 7.00. The van der Waals surface area contributed by atoms with E-state index in [2.05, 4.69) is 11.2 Å². The summed E-state index contributed by atoms with van der Waals surface area (Å²) in [4.78, 5) is 10.2. The molecule has 1 atom stereocenters. The first-order chi connectivity index (χ1) is 4.56. The minimum Gasteiger partial charge on any atom is -0.442 e. The molecule has 2 nitrogen and oxygen atoms in total. The molecule has 0 aromatic carbocycles. The molecule has 1 heterocycles. The predicted octanol–water partition coefficient (Wildman–Crippen LogP) is 0.570. The van der Waals surface area contributed by atoms with Gasteiger partial charge in [0, 0.05) is 0 Å². The molecular weight excluding hydrogens is 142 g/mol. The minimum absolute atomic E-state index is 0.901. The summed E-state index contributed by atoms with van der Waals surface area (Å²) in [6.07, 6.45) is 2.10. The van der Waals surface area contributed by atoms with Crippen LogP contribution in [-0.2, 0) is 9.53 Å². The number of hydrogen-bond donors (Lipinski definition) is 0. The van der Waals surface area contributed by atoms with Crippen molar-refractivity contribution < 1.29 is 18.3 Å². The molecule has 10 heavy (non-hydrogen) atoms. The van der Waals surface area contributed by atoms with Crippen molar-refractivity contribution in [3.8, 4) is 12.3 Å². The average molecular weight is 146 g/mol. The maximum Gasteiger partial charge on any atom is 0.313 e. The van der Waals surface area contributed by atoms with E-state index < -0.39 is 24.4 Å². The van der Waals surface area contributed by atoms with Gasteiger partial charge in [0.25, 0.3) is 0 Å². The van der Waals surface area contributed by atoms with E-state index in [4.69, 9.17) is 0 Å². The number of carbonyl (C=O) groups is 1. The van der Waals surface area contributed by atoms with Gasteiger partial charge < -0.3 is 4.74 Å². The summed E-state index contributed by atoms with van der Waals surface area (Å²) in [5.41, 5.74) is 0. The first-order valence-corrected chi connectivity index (χ1v) is 2.60. The second-order valence-electron chi connectivity index (χ2n) is 1.97. The second kappa shape index (κ2) is 1.94. The van der Waals surface area contributed by atoms with Gasteiger partial charge in [-0.25, -0.2) is 8.78 Å². The van der Waals surface area contributed by atoms with Gasteiger partial charge in [-0.2, -0.15) is 0 Å². The smallest absolute Gasteiger partial charge is 0.313 e.